The van der Waals surface area contributed by atoms with Gasteiger partial charge < -0.3 is 10.2 Å². The average molecular weight is 308 g/mol. The summed E-state index contributed by atoms with van der Waals surface area (Å²) < 4.78 is 1.64. The molecular formula is C14H18ClN5O. The van der Waals surface area contributed by atoms with Crippen molar-refractivity contribution in [1.29, 1.82) is 0 Å². The molecular weight excluding hydrogens is 290 g/mol. The number of nitrogens with zero attached hydrogens (tertiary/aromatic N) is 4. The fraction of sp³-hybridized carbons (Fsp3) is 0.357. The van der Waals surface area contributed by atoms with Crippen molar-refractivity contribution in [2.24, 2.45) is 0 Å². The fourth-order valence-electron chi connectivity index (χ4n) is 2.29. The van der Waals surface area contributed by atoms with Gasteiger partial charge in [-0.05, 0) is 24.6 Å². The molecule has 112 valence electrons. The van der Waals surface area contributed by atoms with Crippen molar-refractivity contribution in [2.45, 2.75) is 6.92 Å². The van der Waals surface area contributed by atoms with E-state index in [2.05, 4.69) is 15.6 Å². The monoisotopic (exact) mass is 307 g/mol. The molecule has 2 heterocycles. The first kappa shape index (κ1) is 15.5. The highest BCUT2D eigenvalue weighted by Gasteiger charge is 2.20. The molecule has 7 heteroatoms. The number of rotatable bonds is 2. The van der Waals surface area contributed by atoms with E-state index >= 15 is 0 Å². The van der Waals surface area contributed by atoms with Gasteiger partial charge in [0.2, 0.25) is 0 Å². The van der Waals surface area contributed by atoms with E-state index in [9.17, 15) is 4.79 Å². The van der Waals surface area contributed by atoms with Crippen molar-refractivity contribution in [3.63, 3.8) is 0 Å². The second-order valence-electron chi connectivity index (χ2n) is 4.93. The highest BCUT2D eigenvalue weighted by Crippen LogP contribution is 2.10. The van der Waals surface area contributed by atoms with Crippen LogP contribution in [0.15, 0.2) is 30.5 Å². The van der Waals surface area contributed by atoms with Gasteiger partial charge in [-0.3, -0.25) is 4.79 Å². The molecule has 1 amide bonds. The van der Waals surface area contributed by atoms with Gasteiger partial charge in [-0.2, -0.15) is 0 Å². The second-order valence-corrected chi connectivity index (χ2v) is 4.93. The molecule has 0 bridgehead atoms. The topological polar surface area (TPSA) is 63.1 Å². The Balaban J connectivity index is 0.00000161. The maximum Gasteiger partial charge on any atom is 0.276 e. The van der Waals surface area contributed by atoms with Crippen molar-refractivity contribution < 1.29 is 4.79 Å². The number of piperazine rings is 1. The van der Waals surface area contributed by atoms with Gasteiger partial charge in [-0.1, -0.05) is 17.3 Å². The van der Waals surface area contributed by atoms with Crippen LogP contribution in [-0.2, 0) is 0 Å². The van der Waals surface area contributed by atoms with Gasteiger partial charge in [0, 0.05) is 26.2 Å². The molecule has 1 saturated heterocycles. The molecule has 6 nitrogen and oxygen atoms in total. The molecule has 0 spiro atoms. The highest BCUT2D eigenvalue weighted by atomic mass is 35.5. The lowest BCUT2D eigenvalue weighted by molar-refractivity contribution is 0.0730. The summed E-state index contributed by atoms with van der Waals surface area (Å²) in [6.07, 6.45) is 1.69. The molecule has 3 rings (SSSR count). The summed E-state index contributed by atoms with van der Waals surface area (Å²) in [6, 6.07) is 7.94. The van der Waals surface area contributed by atoms with Gasteiger partial charge in [0.15, 0.2) is 5.69 Å². The van der Waals surface area contributed by atoms with Crippen LogP contribution >= 0.6 is 12.4 Å². The highest BCUT2D eigenvalue weighted by molar-refractivity contribution is 5.92. The van der Waals surface area contributed by atoms with Gasteiger partial charge in [0.05, 0.1) is 11.9 Å². The lowest BCUT2D eigenvalue weighted by Crippen LogP contribution is -2.46. The Labute approximate surface area is 129 Å². The Kier molecular flexibility index (Phi) is 4.93. The van der Waals surface area contributed by atoms with Gasteiger partial charge in [-0.25, -0.2) is 4.68 Å². The third-order valence-corrected chi connectivity index (χ3v) is 3.38. The zero-order valence-corrected chi connectivity index (χ0v) is 12.6. The first-order valence-corrected chi connectivity index (χ1v) is 6.73. The Morgan fingerprint density at radius 1 is 1.29 bits per heavy atom. The zero-order valence-electron chi connectivity index (χ0n) is 11.8. The molecule has 2 aromatic rings. The van der Waals surface area contributed by atoms with Crippen LogP contribution in [0.1, 0.15) is 16.1 Å². The summed E-state index contributed by atoms with van der Waals surface area (Å²) in [4.78, 5) is 14.1. The number of carbonyl (C=O) groups is 1. The molecule has 0 saturated carbocycles. The standard InChI is InChI=1S/C14H17N5O.ClH/c1-11-3-2-4-12(9-11)19-10-13(16-17-19)14(20)18-7-5-15-6-8-18;/h2-4,9-10,15H,5-8H2,1H3;1H. The Morgan fingerprint density at radius 3 is 2.76 bits per heavy atom. The zero-order chi connectivity index (χ0) is 13.9. The van der Waals surface area contributed by atoms with Gasteiger partial charge >= 0.3 is 0 Å². The minimum atomic E-state index is -0.0506. The number of hydrogen-bond acceptors (Lipinski definition) is 4. The van der Waals surface area contributed by atoms with E-state index in [0.717, 1.165) is 37.4 Å². The number of amides is 1. The van der Waals surface area contributed by atoms with Gasteiger partial charge in [0.1, 0.15) is 0 Å². The van der Waals surface area contributed by atoms with Crippen LogP contribution < -0.4 is 5.32 Å². The number of carbonyl (C=O) groups excluding carboxylic acids is 1. The van der Waals surface area contributed by atoms with Crippen molar-refractivity contribution in [3.8, 4) is 5.69 Å². The SMILES string of the molecule is Cc1cccc(-n2cc(C(=O)N3CCNCC3)nn2)c1.Cl. The fourth-order valence-corrected chi connectivity index (χ4v) is 2.29. The molecule has 0 unspecified atom stereocenters. The minimum Gasteiger partial charge on any atom is -0.335 e. The van der Waals surface area contributed by atoms with Crippen molar-refractivity contribution >= 4 is 18.3 Å². The quantitative estimate of drug-likeness (QED) is 0.900. The first-order chi connectivity index (χ1) is 9.74. The summed E-state index contributed by atoms with van der Waals surface area (Å²) in [5, 5.41) is 11.3. The van der Waals surface area contributed by atoms with Crippen LogP contribution in [0.4, 0.5) is 0 Å². The third-order valence-electron chi connectivity index (χ3n) is 3.38. The van der Waals surface area contributed by atoms with E-state index in [1.54, 1.807) is 15.8 Å². The molecule has 0 aliphatic carbocycles. The van der Waals surface area contributed by atoms with Crippen LogP contribution in [0.2, 0.25) is 0 Å². The summed E-state index contributed by atoms with van der Waals surface area (Å²) in [7, 11) is 0. The van der Waals surface area contributed by atoms with Crippen molar-refractivity contribution in [3.05, 3.63) is 41.7 Å². The summed E-state index contributed by atoms with van der Waals surface area (Å²) in [6.45, 7) is 5.12. The first-order valence-electron chi connectivity index (χ1n) is 6.73. The molecule has 21 heavy (non-hydrogen) atoms. The van der Waals surface area contributed by atoms with Crippen LogP contribution in [0.3, 0.4) is 0 Å². The number of aromatic nitrogens is 3. The summed E-state index contributed by atoms with van der Waals surface area (Å²) >= 11 is 0. The van der Waals surface area contributed by atoms with E-state index in [-0.39, 0.29) is 18.3 Å². The van der Waals surface area contributed by atoms with E-state index in [1.165, 1.54) is 0 Å². The largest absolute Gasteiger partial charge is 0.335 e. The number of benzene rings is 1. The van der Waals surface area contributed by atoms with Gasteiger partial charge in [0.25, 0.3) is 5.91 Å². The smallest absolute Gasteiger partial charge is 0.276 e. The van der Waals surface area contributed by atoms with Crippen molar-refractivity contribution in [2.75, 3.05) is 26.2 Å². The normalized spacial score (nSPS) is 14.6. The third kappa shape index (κ3) is 3.40. The molecule has 1 N–H and O–H groups in total. The maximum atomic E-state index is 12.3. The van der Waals surface area contributed by atoms with Crippen LogP contribution in [0.5, 0.6) is 0 Å². The molecule has 1 aliphatic rings. The molecule has 0 atom stereocenters. The molecule has 0 radical (unpaired) electrons. The lowest BCUT2D eigenvalue weighted by Gasteiger charge is -2.26. The van der Waals surface area contributed by atoms with E-state index < -0.39 is 0 Å². The lowest BCUT2D eigenvalue weighted by atomic mass is 10.2. The summed E-state index contributed by atoms with van der Waals surface area (Å²) in [5.41, 5.74) is 2.46. The van der Waals surface area contributed by atoms with E-state index in [4.69, 9.17) is 0 Å². The maximum absolute atomic E-state index is 12.3. The number of aryl methyl sites for hydroxylation is 1. The van der Waals surface area contributed by atoms with E-state index in [1.807, 2.05) is 31.2 Å². The van der Waals surface area contributed by atoms with Gasteiger partial charge in [-0.15, -0.1) is 17.5 Å². The second kappa shape index (κ2) is 6.69. The van der Waals surface area contributed by atoms with Crippen molar-refractivity contribution in [1.82, 2.24) is 25.2 Å². The van der Waals surface area contributed by atoms with Crippen LogP contribution in [0, 0.1) is 6.92 Å². The number of halogens is 1. The summed E-state index contributed by atoms with van der Waals surface area (Å²) in [5.74, 6) is -0.0506. The minimum absolute atomic E-state index is 0. The van der Waals surface area contributed by atoms with E-state index in [0.29, 0.717) is 5.69 Å². The number of hydrogen-bond donors (Lipinski definition) is 1. The molecule has 1 aromatic carbocycles. The Morgan fingerprint density at radius 2 is 2.05 bits per heavy atom. The molecule has 1 aliphatic heterocycles. The molecule has 1 fully saturated rings. The molecule has 1 aromatic heterocycles. The number of nitrogens with one attached hydrogen (secondary N) is 1. The van der Waals surface area contributed by atoms with Crippen LogP contribution in [0.25, 0.3) is 5.69 Å². The van der Waals surface area contributed by atoms with Crippen LogP contribution in [-0.4, -0.2) is 52.0 Å². The Hall–Kier alpha value is -1.92. The Bertz CT molecular complexity index is 621. The predicted octanol–water partition coefficient (Wildman–Crippen LogP) is 1.04. The average Bonchev–Trinajstić information content (AvgIpc) is 2.97. The predicted molar refractivity (Wildman–Crippen MR) is 82.1 cm³/mol.